The number of aromatic nitrogens is 4. The molecule has 2 N–H and O–H groups in total. The van der Waals surface area contributed by atoms with Crippen LogP contribution in [0, 0.1) is 25.7 Å². The number of benzene rings is 1. The van der Waals surface area contributed by atoms with Gasteiger partial charge in [-0.1, -0.05) is 31.9 Å². The van der Waals surface area contributed by atoms with Crippen molar-refractivity contribution in [1.29, 1.82) is 0 Å². The number of hydrogen-bond donors (Lipinski definition) is 2. The van der Waals surface area contributed by atoms with Crippen molar-refractivity contribution >= 4 is 40.2 Å². The summed E-state index contributed by atoms with van der Waals surface area (Å²) in [5.74, 6) is 2.19. The Labute approximate surface area is 276 Å². The number of ether oxygens (including phenoxy) is 1. The molecule has 2 aromatic heterocycles. The summed E-state index contributed by atoms with van der Waals surface area (Å²) in [4.78, 5) is 27.1. The maximum atomic E-state index is 13.7. The zero-order chi connectivity index (χ0) is 32.5. The summed E-state index contributed by atoms with van der Waals surface area (Å²) < 4.78 is 9.61. The molecule has 1 unspecified atom stereocenters. The van der Waals surface area contributed by atoms with E-state index in [0.29, 0.717) is 46.7 Å². The molecule has 1 aliphatic carbocycles. The number of carbonyl (C=O) groups excluding carboxylic acids is 2. The molecule has 11 heteroatoms. The summed E-state index contributed by atoms with van der Waals surface area (Å²) >= 11 is 1.70. The van der Waals surface area contributed by atoms with Gasteiger partial charge in [0.25, 0.3) is 5.91 Å². The van der Waals surface area contributed by atoms with E-state index in [4.69, 9.17) is 9.84 Å². The van der Waals surface area contributed by atoms with Crippen LogP contribution in [0.4, 0.5) is 5.69 Å². The Balaban J connectivity index is 1.43. The summed E-state index contributed by atoms with van der Waals surface area (Å²) in [5.41, 5.74) is 5.29. The summed E-state index contributed by atoms with van der Waals surface area (Å²) in [6, 6.07) is 8.98. The minimum atomic E-state index is -0.625. The van der Waals surface area contributed by atoms with Gasteiger partial charge in [-0.2, -0.15) is 22.0 Å². The third kappa shape index (κ3) is 9.39. The van der Waals surface area contributed by atoms with Gasteiger partial charge in [-0.05, 0) is 93.3 Å². The molecule has 246 valence electrons. The van der Waals surface area contributed by atoms with Crippen LogP contribution in [0.25, 0.3) is 11.1 Å². The van der Waals surface area contributed by atoms with Gasteiger partial charge in [0.05, 0.1) is 25.1 Å². The maximum Gasteiger partial charge on any atom is 0.270 e. The number of nitrogens with one attached hydrogen (secondary N) is 2. The predicted molar refractivity (Wildman–Crippen MR) is 188 cm³/mol. The van der Waals surface area contributed by atoms with Crippen molar-refractivity contribution in [3.05, 3.63) is 53.6 Å². The molecule has 2 amide bonds. The molecule has 1 aliphatic rings. The number of rotatable bonds is 15. The summed E-state index contributed by atoms with van der Waals surface area (Å²) in [6.45, 7) is 12.7. The molecule has 0 aliphatic heterocycles. The summed E-state index contributed by atoms with van der Waals surface area (Å²) in [5, 5.41) is 15.9. The van der Waals surface area contributed by atoms with Gasteiger partial charge in [-0.15, -0.1) is 0 Å². The molecule has 2 heterocycles. The lowest BCUT2D eigenvalue weighted by Gasteiger charge is -2.32. The fourth-order valence-electron chi connectivity index (χ4n) is 5.87. The number of hydrogen-bond acceptors (Lipinski definition) is 6. The van der Waals surface area contributed by atoms with Crippen molar-refractivity contribution < 1.29 is 14.3 Å². The molecule has 1 fully saturated rings. The number of anilines is 1. The van der Waals surface area contributed by atoms with Crippen LogP contribution >= 0.6 is 11.8 Å². The van der Waals surface area contributed by atoms with Crippen molar-refractivity contribution in [3.8, 4) is 11.1 Å². The minimum Gasteiger partial charge on any atom is -0.354 e. The number of thioether (sulfide) groups is 1. The average Bonchev–Trinajstić information content (AvgIpc) is 3.61. The monoisotopic (exact) mass is 655 g/mol. The molecule has 0 spiro atoms. The zero-order valence-electron chi connectivity index (χ0n) is 28.0. The topological polar surface area (TPSA) is 103 Å². The molecule has 0 bridgehead atoms. The van der Waals surface area contributed by atoms with Crippen LogP contribution < -0.4 is 10.6 Å². The van der Waals surface area contributed by atoms with E-state index in [9.17, 15) is 9.59 Å². The highest BCUT2D eigenvalue weighted by atomic mass is 32.2. The Bertz CT molecular complexity index is 1400. The van der Waals surface area contributed by atoms with Gasteiger partial charge in [0.15, 0.2) is 0 Å². The molecule has 0 saturated heterocycles. The first-order valence-corrected chi connectivity index (χ1v) is 19.3. The van der Waals surface area contributed by atoms with Crippen LogP contribution in [0.3, 0.4) is 0 Å². The van der Waals surface area contributed by atoms with Crippen molar-refractivity contribution in [3.63, 3.8) is 0 Å². The second-order valence-electron chi connectivity index (χ2n) is 12.5. The van der Waals surface area contributed by atoms with Gasteiger partial charge in [0.2, 0.25) is 5.91 Å². The third-order valence-electron chi connectivity index (χ3n) is 8.95. The van der Waals surface area contributed by atoms with E-state index in [1.807, 2.05) is 42.1 Å². The van der Waals surface area contributed by atoms with E-state index in [2.05, 4.69) is 49.7 Å². The summed E-state index contributed by atoms with van der Waals surface area (Å²) in [6.07, 6.45) is 9.89. The van der Waals surface area contributed by atoms with Gasteiger partial charge in [0.1, 0.15) is 29.5 Å². The van der Waals surface area contributed by atoms with Crippen molar-refractivity contribution in [2.75, 3.05) is 35.9 Å². The number of aryl methyl sites for hydroxylation is 2. The highest BCUT2D eigenvalue weighted by molar-refractivity contribution is 7.98. The van der Waals surface area contributed by atoms with Crippen LogP contribution in [-0.2, 0) is 33.7 Å². The Morgan fingerprint density at radius 3 is 2.47 bits per heavy atom. The maximum absolute atomic E-state index is 13.7. The van der Waals surface area contributed by atoms with Crippen LogP contribution in [0.15, 0.2) is 36.5 Å². The Morgan fingerprint density at radius 1 is 1.09 bits per heavy atom. The molecule has 9 nitrogen and oxygen atoms in total. The lowest BCUT2D eigenvalue weighted by Crippen LogP contribution is -2.49. The normalized spacial score (nSPS) is 18.1. The van der Waals surface area contributed by atoms with Gasteiger partial charge >= 0.3 is 0 Å². The Hall–Kier alpha value is -2.76. The second kappa shape index (κ2) is 16.7. The molecule has 0 radical (unpaired) electrons. The van der Waals surface area contributed by atoms with E-state index in [0.717, 1.165) is 66.3 Å². The first-order valence-electron chi connectivity index (χ1n) is 16.0. The van der Waals surface area contributed by atoms with Gasteiger partial charge in [0, 0.05) is 28.9 Å². The molecule has 1 saturated carbocycles. The lowest BCUT2D eigenvalue weighted by atomic mass is 9.79. The van der Waals surface area contributed by atoms with Crippen LogP contribution in [0.5, 0.6) is 0 Å². The summed E-state index contributed by atoms with van der Waals surface area (Å²) in [7, 11) is 0.351. The largest absolute Gasteiger partial charge is 0.354 e. The second-order valence-corrected chi connectivity index (χ2v) is 16.2. The Morgan fingerprint density at radius 2 is 1.80 bits per heavy atom. The molecular weight excluding hydrogens is 605 g/mol. The number of carbonyl (C=O) groups is 2. The molecule has 4 rings (SSSR count). The standard InChI is InChI=1S/C34H50N6O3S2/c1-23(2)45(7)21-19-43-22-40-26(5)31(25(4)38-40)27-12-14-29(15-13-27)36-34(42)32(28-10-8-24(3)9-11-28)37-33(41)30-16-17-35-39(30)18-20-44-6/h12-17,23-24,28,32H,8-11,18-22H2,1-7H3,(H-,36,37,41,42)/p+1/t24?,28?,32-,45?/m0/s1. The van der Waals surface area contributed by atoms with Crippen molar-refractivity contribution in [1.82, 2.24) is 24.9 Å². The van der Waals surface area contributed by atoms with E-state index in [1.165, 1.54) is 0 Å². The first kappa shape index (κ1) is 35.1. The highest BCUT2D eigenvalue weighted by Gasteiger charge is 2.33. The number of nitrogens with zero attached hydrogens (tertiary/aromatic N) is 4. The predicted octanol–water partition coefficient (Wildman–Crippen LogP) is 5.92. The zero-order valence-corrected chi connectivity index (χ0v) is 29.6. The third-order valence-corrected chi connectivity index (χ3v) is 12.0. The quantitative estimate of drug-likeness (QED) is 0.156. The van der Waals surface area contributed by atoms with E-state index in [-0.39, 0.29) is 17.7 Å². The molecule has 2 atom stereocenters. The SMILES string of the molecule is CSCCn1nccc1C(=O)N[C@H](C(=O)Nc1ccc(-c2c(C)nn(COCC[S+](C)C(C)C)c2C)cc1)C1CCC(C)CC1. The Kier molecular flexibility index (Phi) is 13.0. The first-order chi connectivity index (χ1) is 21.6. The smallest absolute Gasteiger partial charge is 0.270 e. The lowest BCUT2D eigenvalue weighted by molar-refractivity contribution is -0.119. The van der Waals surface area contributed by atoms with Gasteiger partial charge in [-0.3, -0.25) is 14.3 Å². The van der Waals surface area contributed by atoms with Crippen molar-refractivity contribution in [2.24, 2.45) is 11.8 Å². The fourth-order valence-corrected chi connectivity index (χ4v) is 7.08. The molecular formula is C34H51N6O3S2+. The van der Waals surface area contributed by atoms with E-state index in [1.54, 1.807) is 28.7 Å². The van der Waals surface area contributed by atoms with Gasteiger partial charge < -0.3 is 15.4 Å². The van der Waals surface area contributed by atoms with Crippen LogP contribution in [0.2, 0.25) is 0 Å². The van der Waals surface area contributed by atoms with E-state index < -0.39 is 6.04 Å². The van der Waals surface area contributed by atoms with E-state index >= 15 is 0 Å². The van der Waals surface area contributed by atoms with Crippen molar-refractivity contribution in [2.45, 2.75) is 84.9 Å². The molecule has 1 aromatic carbocycles. The van der Waals surface area contributed by atoms with Crippen LogP contribution in [0.1, 0.15) is 68.3 Å². The van der Waals surface area contributed by atoms with Gasteiger partial charge in [-0.25, -0.2) is 4.68 Å². The number of amides is 2. The average molecular weight is 656 g/mol. The molecule has 3 aromatic rings. The fraction of sp³-hybridized carbons (Fsp3) is 0.588. The van der Waals surface area contributed by atoms with Crippen LogP contribution in [-0.4, -0.2) is 73.3 Å². The highest BCUT2D eigenvalue weighted by Crippen LogP contribution is 2.32. The minimum absolute atomic E-state index is 0.0828. The molecule has 45 heavy (non-hydrogen) atoms.